The molecule has 9 nitrogen and oxygen atoms in total. The highest BCUT2D eigenvalue weighted by atomic mass is 16.7. The fourth-order valence-electron chi connectivity index (χ4n) is 3.96. The van der Waals surface area contributed by atoms with E-state index in [0.29, 0.717) is 39.3 Å². The van der Waals surface area contributed by atoms with Crippen LogP contribution >= 0.6 is 0 Å². The maximum absolute atomic E-state index is 12.6. The lowest BCUT2D eigenvalue weighted by Crippen LogP contribution is -2.42. The van der Waals surface area contributed by atoms with Gasteiger partial charge in [-0.05, 0) is 30.5 Å². The van der Waals surface area contributed by atoms with E-state index in [4.69, 9.17) is 14.7 Å². The molecule has 3 aliphatic heterocycles. The number of amides is 3. The minimum absolute atomic E-state index is 0.000110. The Kier molecular flexibility index (Phi) is 5.71. The summed E-state index contributed by atoms with van der Waals surface area (Å²) in [5.41, 5.74) is 1.01. The van der Waals surface area contributed by atoms with E-state index < -0.39 is 0 Å². The summed E-state index contributed by atoms with van der Waals surface area (Å²) in [5.74, 6) is 1.40. The summed E-state index contributed by atoms with van der Waals surface area (Å²) in [6.07, 6.45) is 1.63. The number of carbonyl (C=O) groups is 2. The van der Waals surface area contributed by atoms with Gasteiger partial charge in [-0.25, -0.2) is 4.79 Å². The Morgan fingerprint density at radius 2 is 2.03 bits per heavy atom. The molecule has 2 saturated heterocycles. The number of urea groups is 1. The third-order valence-electron chi connectivity index (χ3n) is 5.55. The second-order valence-electron chi connectivity index (χ2n) is 7.43. The van der Waals surface area contributed by atoms with Gasteiger partial charge in [-0.15, -0.1) is 0 Å². The largest absolute Gasteiger partial charge is 0.454 e. The van der Waals surface area contributed by atoms with Crippen LogP contribution in [0.15, 0.2) is 18.2 Å². The quantitative estimate of drug-likeness (QED) is 0.680. The maximum Gasteiger partial charge on any atom is 0.320 e. The molecule has 3 heterocycles. The number of ether oxygens (including phenoxy) is 2. The zero-order valence-electron chi connectivity index (χ0n) is 16.3. The SMILES string of the molecule is N#C[C@@H]1CCCN1C(=O)CNCCN1CCN(Cc2ccc3c(c2)OCO3)C1=O. The van der Waals surface area contributed by atoms with Crippen LogP contribution in [0.2, 0.25) is 0 Å². The van der Waals surface area contributed by atoms with Crippen LogP contribution in [-0.2, 0) is 11.3 Å². The van der Waals surface area contributed by atoms with Crippen molar-refractivity contribution in [3.05, 3.63) is 23.8 Å². The fraction of sp³-hybridized carbons (Fsp3) is 0.550. The second-order valence-corrected chi connectivity index (χ2v) is 7.43. The summed E-state index contributed by atoms with van der Waals surface area (Å²) < 4.78 is 10.7. The molecule has 0 radical (unpaired) electrons. The summed E-state index contributed by atoms with van der Waals surface area (Å²) in [4.78, 5) is 30.1. The molecule has 0 bridgehead atoms. The van der Waals surface area contributed by atoms with Crippen LogP contribution in [0, 0.1) is 11.3 Å². The number of nitrogens with one attached hydrogen (secondary N) is 1. The van der Waals surface area contributed by atoms with Crippen LogP contribution in [0.3, 0.4) is 0 Å². The fourth-order valence-corrected chi connectivity index (χ4v) is 3.96. The van der Waals surface area contributed by atoms with Crippen LogP contribution in [0.1, 0.15) is 18.4 Å². The van der Waals surface area contributed by atoms with Crippen LogP contribution in [0.5, 0.6) is 11.5 Å². The van der Waals surface area contributed by atoms with Crippen molar-refractivity contribution in [2.24, 2.45) is 0 Å². The maximum atomic E-state index is 12.6. The third kappa shape index (κ3) is 4.22. The lowest BCUT2D eigenvalue weighted by atomic mass is 10.2. The molecule has 0 spiro atoms. The minimum Gasteiger partial charge on any atom is -0.454 e. The van der Waals surface area contributed by atoms with E-state index in [-0.39, 0.29) is 31.3 Å². The van der Waals surface area contributed by atoms with E-state index in [1.54, 1.807) is 9.80 Å². The first-order chi connectivity index (χ1) is 14.2. The first-order valence-electron chi connectivity index (χ1n) is 9.98. The Labute approximate surface area is 169 Å². The zero-order valence-corrected chi connectivity index (χ0v) is 16.3. The van der Waals surface area contributed by atoms with Gasteiger partial charge >= 0.3 is 6.03 Å². The van der Waals surface area contributed by atoms with E-state index >= 15 is 0 Å². The van der Waals surface area contributed by atoms with Crippen molar-refractivity contribution >= 4 is 11.9 Å². The van der Waals surface area contributed by atoms with Crippen molar-refractivity contribution in [1.82, 2.24) is 20.0 Å². The summed E-state index contributed by atoms with van der Waals surface area (Å²) in [6.45, 7) is 4.04. The molecule has 0 aromatic heterocycles. The van der Waals surface area contributed by atoms with Crippen LogP contribution < -0.4 is 14.8 Å². The van der Waals surface area contributed by atoms with Gasteiger partial charge in [-0.1, -0.05) is 6.07 Å². The van der Waals surface area contributed by atoms with Crippen molar-refractivity contribution in [3.8, 4) is 17.6 Å². The predicted octanol–water partition coefficient (Wildman–Crippen LogP) is 0.757. The smallest absolute Gasteiger partial charge is 0.320 e. The first kappa shape index (κ1) is 19.3. The zero-order chi connectivity index (χ0) is 20.2. The van der Waals surface area contributed by atoms with Gasteiger partial charge in [0.15, 0.2) is 11.5 Å². The molecule has 1 aromatic carbocycles. The molecule has 1 N–H and O–H groups in total. The monoisotopic (exact) mass is 399 g/mol. The molecule has 154 valence electrons. The van der Waals surface area contributed by atoms with E-state index in [1.165, 1.54) is 0 Å². The first-order valence-corrected chi connectivity index (χ1v) is 9.98. The molecular formula is C20H25N5O4. The van der Waals surface area contributed by atoms with E-state index in [0.717, 1.165) is 29.9 Å². The molecule has 0 saturated carbocycles. The summed E-state index contributed by atoms with van der Waals surface area (Å²) in [6, 6.07) is 7.61. The van der Waals surface area contributed by atoms with E-state index in [1.807, 2.05) is 23.1 Å². The average molecular weight is 399 g/mol. The van der Waals surface area contributed by atoms with Gasteiger partial charge in [0.2, 0.25) is 12.7 Å². The van der Waals surface area contributed by atoms with Crippen molar-refractivity contribution < 1.29 is 19.1 Å². The van der Waals surface area contributed by atoms with Gasteiger partial charge in [0.1, 0.15) is 6.04 Å². The van der Waals surface area contributed by atoms with Gasteiger partial charge in [0.05, 0.1) is 12.6 Å². The van der Waals surface area contributed by atoms with Crippen LogP contribution in [0.25, 0.3) is 0 Å². The normalized spacial score (nSPS) is 20.4. The molecule has 9 heteroatoms. The number of nitriles is 1. The van der Waals surface area contributed by atoms with Gasteiger partial charge in [0, 0.05) is 39.3 Å². The summed E-state index contributed by atoms with van der Waals surface area (Å²) >= 11 is 0. The van der Waals surface area contributed by atoms with E-state index in [9.17, 15) is 9.59 Å². The topological polar surface area (TPSA) is 98.1 Å². The van der Waals surface area contributed by atoms with Gasteiger partial charge in [-0.3, -0.25) is 4.79 Å². The highest BCUT2D eigenvalue weighted by Crippen LogP contribution is 2.33. The molecular weight excluding hydrogens is 374 g/mol. The predicted molar refractivity (Wildman–Crippen MR) is 103 cm³/mol. The van der Waals surface area contributed by atoms with Crippen molar-refractivity contribution in [1.29, 1.82) is 5.26 Å². The lowest BCUT2D eigenvalue weighted by molar-refractivity contribution is -0.130. The number of likely N-dealkylation sites (tertiary alicyclic amines) is 1. The molecule has 0 aliphatic carbocycles. The van der Waals surface area contributed by atoms with Crippen molar-refractivity contribution in [2.45, 2.75) is 25.4 Å². The third-order valence-corrected chi connectivity index (χ3v) is 5.55. The number of carbonyl (C=O) groups excluding carboxylic acids is 2. The lowest BCUT2D eigenvalue weighted by Gasteiger charge is -2.21. The summed E-state index contributed by atoms with van der Waals surface area (Å²) in [5, 5.41) is 12.2. The molecule has 3 aliphatic rings. The van der Waals surface area contributed by atoms with Gasteiger partial charge in [-0.2, -0.15) is 5.26 Å². The highest BCUT2D eigenvalue weighted by Gasteiger charge is 2.29. The Morgan fingerprint density at radius 1 is 1.21 bits per heavy atom. The Bertz CT molecular complexity index is 824. The number of hydrogen-bond donors (Lipinski definition) is 1. The van der Waals surface area contributed by atoms with Crippen molar-refractivity contribution in [2.75, 3.05) is 46.1 Å². The molecule has 3 amide bonds. The molecule has 0 unspecified atom stereocenters. The van der Waals surface area contributed by atoms with Gasteiger partial charge in [0.25, 0.3) is 0 Å². The number of benzene rings is 1. The Hall–Kier alpha value is -2.99. The number of fused-ring (bicyclic) bond motifs is 1. The van der Waals surface area contributed by atoms with Crippen LogP contribution in [0.4, 0.5) is 4.79 Å². The standard InChI is InChI=1S/C20H25N5O4/c21-11-16-2-1-6-25(16)19(26)12-22-5-7-23-8-9-24(20(23)27)13-15-3-4-17-18(10-15)29-14-28-17/h3-4,10,16,22H,1-2,5-9,12-14H2/t16-/m0/s1. The minimum atomic E-state index is -0.297. The number of rotatable bonds is 7. The molecule has 1 aromatic rings. The average Bonchev–Trinajstić information content (AvgIpc) is 3.46. The molecule has 4 rings (SSSR count). The Balaban J connectivity index is 1.20. The molecule has 29 heavy (non-hydrogen) atoms. The Morgan fingerprint density at radius 3 is 2.90 bits per heavy atom. The van der Waals surface area contributed by atoms with Crippen LogP contribution in [-0.4, -0.2) is 78.7 Å². The summed E-state index contributed by atoms with van der Waals surface area (Å²) in [7, 11) is 0. The number of nitrogens with zero attached hydrogens (tertiary/aromatic N) is 4. The molecule has 1 atom stereocenters. The number of hydrogen-bond acceptors (Lipinski definition) is 6. The molecule has 2 fully saturated rings. The van der Waals surface area contributed by atoms with Crippen molar-refractivity contribution in [3.63, 3.8) is 0 Å². The van der Waals surface area contributed by atoms with E-state index in [2.05, 4.69) is 11.4 Å². The van der Waals surface area contributed by atoms with Gasteiger partial charge < -0.3 is 29.5 Å². The highest BCUT2D eigenvalue weighted by molar-refractivity contribution is 5.79. The second kappa shape index (κ2) is 8.57.